The number of halogens is 4. The van der Waals surface area contributed by atoms with Gasteiger partial charge in [0, 0.05) is 10.6 Å². The minimum atomic E-state index is -4.86. The first-order valence-electron chi connectivity index (χ1n) is 3.78. The van der Waals surface area contributed by atoms with E-state index in [-0.39, 0.29) is 16.3 Å². The molecule has 3 N–H and O–H groups in total. The first kappa shape index (κ1) is 11.9. The van der Waals surface area contributed by atoms with Crippen LogP contribution >= 0.6 is 11.6 Å². The Morgan fingerprint density at radius 1 is 1.40 bits per heavy atom. The largest absolute Gasteiger partial charge is 0.573 e. The van der Waals surface area contributed by atoms with Gasteiger partial charge in [0.15, 0.2) is 5.75 Å². The van der Waals surface area contributed by atoms with Gasteiger partial charge in [0.05, 0.1) is 12.3 Å². The standard InChI is InChI=1S/C8H7ClF3NO2/c9-5-1-4(3-14)7(6(13)2-5)15-8(10,11)12/h1-2,14H,3,13H2. The van der Waals surface area contributed by atoms with Crippen molar-refractivity contribution < 1.29 is 23.0 Å². The second kappa shape index (κ2) is 4.16. The lowest BCUT2D eigenvalue weighted by molar-refractivity contribution is -0.274. The number of nitrogen functional groups attached to an aromatic ring is 1. The molecule has 0 aliphatic rings. The molecule has 0 saturated carbocycles. The molecule has 0 heterocycles. The van der Waals surface area contributed by atoms with Gasteiger partial charge >= 0.3 is 6.36 Å². The molecule has 0 aliphatic carbocycles. The van der Waals surface area contributed by atoms with Crippen LogP contribution in [0.3, 0.4) is 0 Å². The molecule has 0 aliphatic heterocycles. The lowest BCUT2D eigenvalue weighted by Gasteiger charge is -2.14. The van der Waals surface area contributed by atoms with Gasteiger partial charge < -0.3 is 15.6 Å². The number of hydrogen-bond acceptors (Lipinski definition) is 3. The number of hydrogen-bond donors (Lipinski definition) is 2. The number of nitrogens with two attached hydrogens (primary N) is 1. The van der Waals surface area contributed by atoms with Crippen molar-refractivity contribution in [2.45, 2.75) is 13.0 Å². The molecule has 15 heavy (non-hydrogen) atoms. The van der Waals surface area contributed by atoms with Crippen LogP contribution in [0.2, 0.25) is 5.02 Å². The Morgan fingerprint density at radius 3 is 2.47 bits per heavy atom. The maximum atomic E-state index is 11.9. The molecule has 0 fully saturated rings. The molecule has 0 amide bonds. The van der Waals surface area contributed by atoms with Gasteiger partial charge in [0.2, 0.25) is 0 Å². The predicted molar refractivity (Wildman–Crippen MR) is 48.5 cm³/mol. The summed E-state index contributed by atoms with van der Waals surface area (Å²) in [6.45, 7) is -0.643. The predicted octanol–water partition coefficient (Wildman–Crippen LogP) is 2.31. The molecule has 1 rings (SSSR count). The molecular formula is C8H7ClF3NO2. The van der Waals surface area contributed by atoms with Crippen molar-refractivity contribution in [2.75, 3.05) is 5.73 Å². The monoisotopic (exact) mass is 241 g/mol. The van der Waals surface area contributed by atoms with Gasteiger partial charge in [-0.25, -0.2) is 0 Å². The highest BCUT2D eigenvalue weighted by Crippen LogP contribution is 2.34. The second-order valence-corrected chi connectivity index (χ2v) is 3.13. The molecule has 0 atom stereocenters. The molecule has 0 radical (unpaired) electrons. The first-order chi connectivity index (χ1) is 6.83. The average molecular weight is 242 g/mol. The van der Waals surface area contributed by atoms with E-state index in [0.29, 0.717) is 0 Å². The number of rotatable bonds is 2. The number of aliphatic hydroxyl groups is 1. The summed E-state index contributed by atoms with van der Waals surface area (Å²) in [6, 6.07) is 2.26. The summed E-state index contributed by atoms with van der Waals surface area (Å²) in [7, 11) is 0. The third-order valence-electron chi connectivity index (χ3n) is 1.55. The van der Waals surface area contributed by atoms with Crippen LogP contribution < -0.4 is 10.5 Å². The fraction of sp³-hybridized carbons (Fsp3) is 0.250. The molecule has 0 spiro atoms. The van der Waals surface area contributed by atoms with Gasteiger partial charge in [0.25, 0.3) is 0 Å². The van der Waals surface area contributed by atoms with E-state index in [2.05, 4.69) is 4.74 Å². The molecule has 0 unspecified atom stereocenters. The minimum absolute atomic E-state index is 0.114. The Labute approximate surface area is 88.2 Å². The Kier molecular flexibility index (Phi) is 3.31. The van der Waals surface area contributed by atoms with E-state index in [4.69, 9.17) is 22.4 Å². The van der Waals surface area contributed by atoms with Crippen LogP contribution in [0.5, 0.6) is 5.75 Å². The van der Waals surface area contributed by atoms with E-state index in [1.165, 1.54) is 0 Å². The molecule has 0 saturated heterocycles. The van der Waals surface area contributed by atoms with Crippen LogP contribution in [-0.2, 0) is 6.61 Å². The van der Waals surface area contributed by atoms with Crippen LogP contribution in [0.1, 0.15) is 5.56 Å². The zero-order valence-electron chi connectivity index (χ0n) is 7.31. The number of benzene rings is 1. The maximum absolute atomic E-state index is 11.9. The number of alkyl halides is 3. The second-order valence-electron chi connectivity index (χ2n) is 2.69. The van der Waals surface area contributed by atoms with E-state index in [9.17, 15) is 13.2 Å². The van der Waals surface area contributed by atoms with Gasteiger partial charge in [-0.15, -0.1) is 13.2 Å². The summed E-state index contributed by atoms with van der Waals surface area (Å²) in [5.41, 5.74) is 4.90. The zero-order valence-corrected chi connectivity index (χ0v) is 8.06. The topological polar surface area (TPSA) is 55.5 Å². The Bertz CT molecular complexity index is 368. The number of aliphatic hydroxyl groups excluding tert-OH is 1. The van der Waals surface area contributed by atoms with E-state index in [0.717, 1.165) is 12.1 Å². The zero-order chi connectivity index (χ0) is 11.6. The Hall–Kier alpha value is -1.14. The maximum Gasteiger partial charge on any atom is 0.573 e. The molecule has 1 aromatic rings. The number of anilines is 1. The molecule has 3 nitrogen and oxygen atoms in total. The van der Waals surface area contributed by atoms with Gasteiger partial charge in [0.1, 0.15) is 0 Å². The molecule has 1 aromatic carbocycles. The highest BCUT2D eigenvalue weighted by Gasteiger charge is 2.33. The van der Waals surface area contributed by atoms with Crippen LogP contribution in [0.15, 0.2) is 12.1 Å². The van der Waals surface area contributed by atoms with Crippen molar-refractivity contribution in [3.63, 3.8) is 0 Å². The quantitative estimate of drug-likeness (QED) is 0.782. The third-order valence-corrected chi connectivity index (χ3v) is 1.77. The summed E-state index contributed by atoms with van der Waals surface area (Å²) < 4.78 is 39.5. The third kappa shape index (κ3) is 3.17. The molecule has 0 bridgehead atoms. The summed E-state index contributed by atoms with van der Waals surface area (Å²) in [6.07, 6.45) is -4.86. The fourth-order valence-electron chi connectivity index (χ4n) is 1.03. The molecule has 0 aromatic heterocycles. The minimum Gasteiger partial charge on any atom is -0.403 e. The van der Waals surface area contributed by atoms with Crippen LogP contribution in [0.4, 0.5) is 18.9 Å². The molecular weight excluding hydrogens is 235 g/mol. The fourth-order valence-corrected chi connectivity index (χ4v) is 1.28. The van der Waals surface area contributed by atoms with Crippen molar-refractivity contribution in [1.82, 2.24) is 0 Å². The van der Waals surface area contributed by atoms with Crippen molar-refractivity contribution in [1.29, 1.82) is 0 Å². The Balaban J connectivity index is 3.15. The van der Waals surface area contributed by atoms with E-state index in [1.54, 1.807) is 0 Å². The summed E-state index contributed by atoms with van der Waals surface area (Å²) in [5.74, 6) is -0.616. The van der Waals surface area contributed by atoms with Crippen LogP contribution in [0.25, 0.3) is 0 Å². The summed E-state index contributed by atoms with van der Waals surface area (Å²) in [4.78, 5) is 0. The van der Waals surface area contributed by atoms with E-state index in [1.807, 2.05) is 0 Å². The van der Waals surface area contributed by atoms with Gasteiger partial charge in [-0.05, 0) is 12.1 Å². The highest BCUT2D eigenvalue weighted by atomic mass is 35.5. The van der Waals surface area contributed by atoms with Crippen molar-refractivity contribution in [3.8, 4) is 5.75 Å². The van der Waals surface area contributed by atoms with Gasteiger partial charge in [-0.3, -0.25) is 0 Å². The average Bonchev–Trinajstić information content (AvgIpc) is 2.07. The van der Waals surface area contributed by atoms with E-state index >= 15 is 0 Å². The SMILES string of the molecule is Nc1cc(Cl)cc(CO)c1OC(F)(F)F. The van der Waals surface area contributed by atoms with Crippen LogP contribution in [0, 0.1) is 0 Å². The summed E-state index contributed by atoms with van der Waals surface area (Å²) in [5, 5.41) is 8.93. The van der Waals surface area contributed by atoms with Gasteiger partial charge in [-0.1, -0.05) is 11.6 Å². The lowest BCUT2D eigenvalue weighted by atomic mass is 10.2. The van der Waals surface area contributed by atoms with Crippen molar-refractivity contribution in [3.05, 3.63) is 22.7 Å². The highest BCUT2D eigenvalue weighted by molar-refractivity contribution is 6.31. The van der Waals surface area contributed by atoms with Crippen molar-refractivity contribution >= 4 is 17.3 Å². The number of ether oxygens (including phenoxy) is 1. The lowest BCUT2D eigenvalue weighted by Crippen LogP contribution is -2.19. The summed E-state index contributed by atoms with van der Waals surface area (Å²) >= 11 is 5.54. The van der Waals surface area contributed by atoms with Crippen molar-refractivity contribution in [2.24, 2.45) is 0 Å². The normalized spacial score (nSPS) is 11.5. The Morgan fingerprint density at radius 2 is 2.00 bits per heavy atom. The first-order valence-corrected chi connectivity index (χ1v) is 4.16. The molecule has 7 heteroatoms. The van der Waals surface area contributed by atoms with Gasteiger partial charge in [-0.2, -0.15) is 0 Å². The van der Waals surface area contributed by atoms with E-state index < -0.39 is 18.7 Å². The van der Waals surface area contributed by atoms with Crippen LogP contribution in [-0.4, -0.2) is 11.5 Å². The smallest absolute Gasteiger partial charge is 0.403 e. The molecule has 84 valence electrons.